The molecule has 1 aromatic heterocycles. The molecule has 1 aromatic rings. The second kappa shape index (κ2) is 5.12. The molecular weight excluding hydrogens is 206 g/mol. The van der Waals surface area contributed by atoms with Gasteiger partial charge < -0.3 is 14.7 Å². The van der Waals surface area contributed by atoms with Crippen LogP contribution in [-0.2, 0) is 11.3 Å². The lowest BCUT2D eigenvalue weighted by Gasteiger charge is -2.20. The van der Waals surface area contributed by atoms with Gasteiger partial charge in [0.25, 0.3) is 0 Å². The van der Waals surface area contributed by atoms with E-state index in [1.165, 1.54) is 6.26 Å². The summed E-state index contributed by atoms with van der Waals surface area (Å²) in [5.41, 5.74) is 0.820. The van der Waals surface area contributed by atoms with Crippen LogP contribution in [0.25, 0.3) is 0 Å². The van der Waals surface area contributed by atoms with Gasteiger partial charge in [0.1, 0.15) is 6.26 Å². The number of nitrogens with zero attached hydrogens (tertiary/aromatic N) is 2. The summed E-state index contributed by atoms with van der Waals surface area (Å²) < 4.78 is 4.72. The number of hydrogen-bond acceptors (Lipinski definition) is 4. The van der Waals surface area contributed by atoms with Gasteiger partial charge in [-0.05, 0) is 19.8 Å². The molecule has 5 nitrogen and oxygen atoms in total. The van der Waals surface area contributed by atoms with Crippen LogP contribution in [0.15, 0.2) is 16.9 Å². The van der Waals surface area contributed by atoms with Crippen molar-refractivity contribution in [1.82, 2.24) is 15.4 Å². The second-order valence-corrected chi connectivity index (χ2v) is 4.13. The summed E-state index contributed by atoms with van der Waals surface area (Å²) in [6.45, 7) is 4.25. The molecule has 2 heterocycles. The predicted molar refractivity (Wildman–Crippen MR) is 58.6 cm³/mol. The monoisotopic (exact) mass is 223 g/mol. The summed E-state index contributed by atoms with van der Waals surface area (Å²) in [7, 11) is 0. The number of nitrogens with one attached hydrogen (secondary N) is 1. The summed E-state index contributed by atoms with van der Waals surface area (Å²) in [5, 5.41) is 6.93. The van der Waals surface area contributed by atoms with Crippen LogP contribution in [0.4, 0.5) is 0 Å². The highest BCUT2D eigenvalue weighted by Gasteiger charge is 2.22. The van der Waals surface area contributed by atoms with E-state index in [0.717, 1.165) is 31.6 Å². The molecule has 1 fully saturated rings. The van der Waals surface area contributed by atoms with Crippen molar-refractivity contribution in [1.29, 1.82) is 0 Å². The predicted octanol–water partition coefficient (Wildman–Crippen LogP) is 0.775. The second-order valence-electron chi connectivity index (χ2n) is 4.13. The normalized spacial score (nSPS) is 17.7. The molecule has 16 heavy (non-hydrogen) atoms. The van der Waals surface area contributed by atoms with Gasteiger partial charge in [0.2, 0.25) is 5.91 Å². The molecule has 0 aliphatic carbocycles. The smallest absolute Gasteiger partial charge is 0.239 e. The molecule has 1 aliphatic heterocycles. The van der Waals surface area contributed by atoms with Crippen LogP contribution in [0, 0.1) is 0 Å². The van der Waals surface area contributed by atoms with Crippen molar-refractivity contribution in [2.45, 2.75) is 32.4 Å². The number of hydrogen-bond donors (Lipinski definition) is 1. The highest BCUT2D eigenvalue weighted by atomic mass is 16.5. The van der Waals surface area contributed by atoms with Crippen LogP contribution < -0.4 is 5.32 Å². The van der Waals surface area contributed by atoms with E-state index < -0.39 is 0 Å². The van der Waals surface area contributed by atoms with Crippen molar-refractivity contribution in [3.8, 4) is 0 Å². The zero-order chi connectivity index (χ0) is 11.4. The molecule has 1 unspecified atom stereocenters. The first kappa shape index (κ1) is 11.1. The van der Waals surface area contributed by atoms with Crippen molar-refractivity contribution in [2.24, 2.45) is 0 Å². The van der Waals surface area contributed by atoms with Crippen LogP contribution in [0.1, 0.15) is 25.5 Å². The van der Waals surface area contributed by atoms with Gasteiger partial charge >= 0.3 is 0 Å². The van der Waals surface area contributed by atoms with Crippen LogP contribution in [0.2, 0.25) is 0 Å². The highest BCUT2D eigenvalue weighted by Crippen LogP contribution is 2.09. The Balaban J connectivity index is 1.78. The molecule has 1 aliphatic rings. The number of carbonyl (C=O) groups is 1. The van der Waals surface area contributed by atoms with Crippen LogP contribution in [0.3, 0.4) is 0 Å². The van der Waals surface area contributed by atoms with Gasteiger partial charge in [0, 0.05) is 25.7 Å². The third-order valence-electron chi connectivity index (χ3n) is 2.87. The molecule has 2 rings (SSSR count). The molecule has 0 aromatic carbocycles. The lowest BCUT2D eigenvalue weighted by atomic mass is 10.3. The van der Waals surface area contributed by atoms with Gasteiger partial charge in [-0.2, -0.15) is 0 Å². The number of amides is 1. The summed E-state index contributed by atoms with van der Waals surface area (Å²) in [4.78, 5) is 13.8. The van der Waals surface area contributed by atoms with Gasteiger partial charge in [0.15, 0.2) is 0 Å². The first-order valence-electron chi connectivity index (χ1n) is 5.69. The topological polar surface area (TPSA) is 58.4 Å². The molecule has 88 valence electrons. The van der Waals surface area contributed by atoms with Gasteiger partial charge in [-0.15, -0.1) is 0 Å². The van der Waals surface area contributed by atoms with E-state index in [1.54, 1.807) is 6.07 Å². The third kappa shape index (κ3) is 2.61. The van der Waals surface area contributed by atoms with Crippen LogP contribution >= 0.6 is 0 Å². The van der Waals surface area contributed by atoms with Crippen molar-refractivity contribution < 1.29 is 9.32 Å². The Kier molecular flexibility index (Phi) is 3.56. The fourth-order valence-corrected chi connectivity index (χ4v) is 1.89. The summed E-state index contributed by atoms with van der Waals surface area (Å²) in [6.07, 6.45) is 3.79. The first-order chi connectivity index (χ1) is 7.77. The molecule has 0 spiro atoms. The standard InChI is InChI=1S/C11H17N3O2/c1-9(11(15)14-5-2-3-6-14)12-8-10-4-7-16-13-10/h4,7,9,12H,2-3,5-6,8H2,1H3. The molecule has 1 N–H and O–H groups in total. The first-order valence-corrected chi connectivity index (χ1v) is 5.69. The minimum absolute atomic E-state index is 0.158. The lowest BCUT2D eigenvalue weighted by molar-refractivity contribution is -0.132. The summed E-state index contributed by atoms with van der Waals surface area (Å²) in [5.74, 6) is 0.181. The largest absolute Gasteiger partial charge is 0.364 e. The van der Waals surface area contributed by atoms with Gasteiger partial charge in [-0.1, -0.05) is 5.16 Å². The SMILES string of the molecule is CC(NCc1ccon1)C(=O)N1CCCC1. The number of aromatic nitrogens is 1. The highest BCUT2D eigenvalue weighted by molar-refractivity contribution is 5.81. The van der Waals surface area contributed by atoms with E-state index in [9.17, 15) is 4.79 Å². The van der Waals surface area contributed by atoms with E-state index in [0.29, 0.717) is 6.54 Å². The molecule has 5 heteroatoms. The van der Waals surface area contributed by atoms with Crippen molar-refractivity contribution >= 4 is 5.91 Å². The van der Waals surface area contributed by atoms with E-state index in [2.05, 4.69) is 10.5 Å². The van der Waals surface area contributed by atoms with Crippen molar-refractivity contribution in [2.75, 3.05) is 13.1 Å². The van der Waals surface area contributed by atoms with Gasteiger partial charge in [0.05, 0.1) is 11.7 Å². The average Bonchev–Trinajstić information content (AvgIpc) is 2.96. The van der Waals surface area contributed by atoms with E-state index in [-0.39, 0.29) is 11.9 Å². The quantitative estimate of drug-likeness (QED) is 0.819. The average molecular weight is 223 g/mol. The maximum absolute atomic E-state index is 11.9. The molecule has 1 amide bonds. The van der Waals surface area contributed by atoms with Crippen molar-refractivity contribution in [3.05, 3.63) is 18.0 Å². The lowest BCUT2D eigenvalue weighted by Crippen LogP contribution is -2.43. The Morgan fingerprint density at radius 2 is 2.38 bits per heavy atom. The fraction of sp³-hybridized carbons (Fsp3) is 0.636. The number of carbonyl (C=O) groups excluding carboxylic acids is 1. The zero-order valence-electron chi connectivity index (χ0n) is 9.48. The van der Waals surface area contributed by atoms with Crippen LogP contribution in [-0.4, -0.2) is 35.1 Å². The number of likely N-dealkylation sites (tertiary alicyclic amines) is 1. The maximum Gasteiger partial charge on any atom is 0.239 e. The maximum atomic E-state index is 11.9. The van der Waals surface area contributed by atoms with E-state index in [1.807, 2.05) is 11.8 Å². The molecule has 1 atom stereocenters. The summed E-state index contributed by atoms with van der Waals surface area (Å²) >= 11 is 0. The Bertz CT molecular complexity index is 331. The van der Waals surface area contributed by atoms with Crippen LogP contribution in [0.5, 0.6) is 0 Å². The number of rotatable bonds is 4. The molecule has 0 radical (unpaired) electrons. The van der Waals surface area contributed by atoms with Gasteiger partial charge in [-0.3, -0.25) is 4.79 Å². The Hall–Kier alpha value is -1.36. The summed E-state index contributed by atoms with van der Waals surface area (Å²) in [6, 6.07) is 1.63. The Labute approximate surface area is 94.8 Å². The zero-order valence-corrected chi connectivity index (χ0v) is 9.48. The molecular formula is C11H17N3O2. The van der Waals surface area contributed by atoms with E-state index >= 15 is 0 Å². The third-order valence-corrected chi connectivity index (χ3v) is 2.87. The molecule has 0 saturated carbocycles. The van der Waals surface area contributed by atoms with Crippen molar-refractivity contribution in [3.63, 3.8) is 0 Å². The Morgan fingerprint density at radius 3 is 3.00 bits per heavy atom. The molecule has 0 bridgehead atoms. The fourth-order valence-electron chi connectivity index (χ4n) is 1.89. The van der Waals surface area contributed by atoms with E-state index in [4.69, 9.17) is 4.52 Å². The minimum atomic E-state index is -0.158. The minimum Gasteiger partial charge on any atom is -0.364 e. The molecule has 1 saturated heterocycles. The van der Waals surface area contributed by atoms with Gasteiger partial charge in [-0.25, -0.2) is 0 Å². The Morgan fingerprint density at radius 1 is 1.62 bits per heavy atom.